The lowest BCUT2D eigenvalue weighted by Crippen LogP contribution is -2.36. The summed E-state index contributed by atoms with van der Waals surface area (Å²) in [6.45, 7) is 1.36. The van der Waals surface area contributed by atoms with Crippen LogP contribution < -0.4 is 4.72 Å². The number of aliphatic hydroxyl groups is 1. The minimum Gasteiger partial charge on any atom is -0.479 e. The molecular formula is C9H13NO5S2. The third-order valence-electron chi connectivity index (χ3n) is 2.00. The van der Waals surface area contributed by atoms with Crippen LogP contribution in [0.1, 0.15) is 11.8 Å². The summed E-state index contributed by atoms with van der Waals surface area (Å²) < 4.78 is 25.5. The Morgan fingerprint density at radius 1 is 1.53 bits per heavy atom. The number of rotatable bonds is 6. The van der Waals surface area contributed by atoms with Gasteiger partial charge in [-0.25, -0.2) is 17.9 Å². The molecule has 0 saturated carbocycles. The van der Waals surface area contributed by atoms with E-state index in [1.165, 1.54) is 6.07 Å². The van der Waals surface area contributed by atoms with Crippen LogP contribution in [0.2, 0.25) is 0 Å². The molecule has 17 heavy (non-hydrogen) atoms. The van der Waals surface area contributed by atoms with Gasteiger partial charge in [0.2, 0.25) is 10.0 Å². The fourth-order valence-corrected chi connectivity index (χ4v) is 3.42. The van der Waals surface area contributed by atoms with Gasteiger partial charge in [0.15, 0.2) is 6.10 Å². The molecule has 0 fully saturated rings. The first kappa shape index (κ1) is 14.1. The Hall–Kier alpha value is -0.960. The molecule has 96 valence electrons. The lowest BCUT2D eigenvalue weighted by molar-refractivity contribution is -0.146. The van der Waals surface area contributed by atoms with Crippen LogP contribution in [0.5, 0.6) is 0 Å². The van der Waals surface area contributed by atoms with Crippen molar-refractivity contribution in [3.63, 3.8) is 0 Å². The van der Waals surface area contributed by atoms with E-state index < -0.39 is 28.6 Å². The fraction of sp³-hybridized carbons (Fsp3) is 0.444. The van der Waals surface area contributed by atoms with Gasteiger partial charge in [0, 0.05) is 11.4 Å². The van der Waals surface area contributed by atoms with E-state index in [4.69, 9.17) is 10.2 Å². The number of aryl methyl sites for hydroxylation is 1. The first-order valence-corrected chi connectivity index (χ1v) is 7.16. The molecule has 0 spiro atoms. The molecule has 1 atom stereocenters. The summed E-state index contributed by atoms with van der Waals surface area (Å²) in [4.78, 5) is 11.2. The minimum atomic E-state index is -3.73. The summed E-state index contributed by atoms with van der Waals surface area (Å²) in [5.74, 6) is -1.46. The Morgan fingerprint density at radius 2 is 2.18 bits per heavy atom. The van der Waals surface area contributed by atoms with Crippen molar-refractivity contribution >= 4 is 27.3 Å². The van der Waals surface area contributed by atoms with Crippen molar-refractivity contribution in [2.75, 3.05) is 6.54 Å². The van der Waals surface area contributed by atoms with E-state index in [1.807, 2.05) is 11.6 Å². The number of thiophene rings is 1. The van der Waals surface area contributed by atoms with E-state index in [0.29, 0.717) is 0 Å². The molecule has 3 N–H and O–H groups in total. The molecule has 8 heteroatoms. The van der Waals surface area contributed by atoms with Crippen LogP contribution in [0, 0.1) is 0 Å². The van der Waals surface area contributed by atoms with Crippen molar-refractivity contribution in [1.29, 1.82) is 0 Å². The lowest BCUT2D eigenvalue weighted by atomic mass is 10.4. The van der Waals surface area contributed by atoms with E-state index in [9.17, 15) is 13.2 Å². The normalized spacial score (nSPS) is 13.5. The number of carbonyl (C=O) groups is 1. The van der Waals surface area contributed by atoms with Gasteiger partial charge in [0.05, 0.1) is 0 Å². The minimum absolute atomic E-state index is 0.118. The van der Waals surface area contributed by atoms with Crippen LogP contribution in [0.25, 0.3) is 0 Å². The standard InChI is InChI=1S/C9H13NO5S2/c1-2-6-3-4-8(16-6)17(14,15)10-5-7(11)9(12)13/h3-4,7,10-11H,2,5H2,1H3,(H,12,13)/t7-/m0/s1. The number of carboxylic acids is 1. The predicted octanol–water partition coefficient (Wildman–Crippen LogP) is 0.0343. The monoisotopic (exact) mass is 279 g/mol. The topological polar surface area (TPSA) is 104 Å². The second-order valence-corrected chi connectivity index (χ2v) is 6.44. The average Bonchev–Trinajstić information content (AvgIpc) is 2.75. The predicted molar refractivity (Wildman–Crippen MR) is 62.5 cm³/mol. The van der Waals surface area contributed by atoms with Gasteiger partial charge in [-0.15, -0.1) is 11.3 Å². The average molecular weight is 279 g/mol. The maximum Gasteiger partial charge on any atom is 0.333 e. The summed E-state index contributed by atoms with van der Waals surface area (Å²) >= 11 is 1.12. The van der Waals surface area contributed by atoms with Crippen LogP contribution in [0.3, 0.4) is 0 Å². The third-order valence-corrected chi connectivity index (χ3v) is 5.15. The van der Waals surface area contributed by atoms with Gasteiger partial charge < -0.3 is 10.2 Å². The Bertz CT molecular complexity index is 493. The highest BCUT2D eigenvalue weighted by atomic mass is 32.2. The molecule has 1 aromatic heterocycles. The zero-order valence-electron chi connectivity index (χ0n) is 9.08. The molecule has 0 aliphatic heterocycles. The van der Waals surface area contributed by atoms with E-state index in [1.54, 1.807) is 6.07 Å². The number of nitrogens with one attached hydrogen (secondary N) is 1. The highest BCUT2D eigenvalue weighted by Crippen LogP contribution is 2.21. The van der Waals surface area contributed by atoms with Gasteiger partial charge in [-0.2, -0.15) is 0 Å². The van der Waals surface area contributed by atoms with Crippen molar-refractivity contribution in [2.24, 2.45) is 0 Å². The fourth-order valence-electron chi connectivity index (χ4n) is 1.04. The van der Waals surface area contributed by atoms with Gasteiger partial charge in [-0.1, -0.05) is 6.92 Å². The van der Waals surface area contributed by atoms with E-state index in [-0.39, 0.29) is 4.21 Å². The molecule has 0 aliphatic carbocycles. The molecule has 6 nitrogen and oxygen atoms in total. The highest BCUT2D eigenvalue weighted by Gasteiger charge is 2.20. The number of hydrogen-bond donors (Lipinski definition) is 3. The van der Waals surface area contributed by atoms with E-state index >= 15 is 0 Å². The first-order chi connectivity index (χ1) is 7.86. The van der Waals surface area contributed by atoms with Gasteiger partial charge in [0.25, 0.3) is 0 Å². The number of aliphatic carboxylic acids is 1. The van der Waals surface area contributed by atoms with Crippen LogP contribution in [0.4, 0.5) is 0 Å². The Kier molecular flexibility index (Phi) is 4.63. The van der Waals surface area contributed by atoms with Gasteiger partial charge in [-0.05, 0) is 18.6 Å². The molecule has 0 saturated heterocycles. The number of carboxylic acid groups (broad SMARTS) is 1. The van der Waals surface area contributed by atoms with Crippen molar-refractivity contribution in [1.82, 2.24) is 4.72 Å². The maximum atomic E-state index is 11.7. The van der Waals surface area contributed by atoms with Crippen molar-refractivity contribution in [3.8, 4) is 0 Å². The smallest absolute Gasteiger partial charge is 0.333 e. The Labute approximate surface area is 103 Å². The van der Waals surface area contributed by atoms with Crippen molar-refractivity contribution < 1.29 is 23.4 Å². The Balaban J connectivity index is 2.72. The molecule has 0 aliphatic rings. The molecule has 0 amide bonds. The van der Waals surface area contributed by atoms with Crippen molar-refractivity contribution in [3.05, 3.63) is 17.0 Å². The zero-order chi connectivity index (χ0) is 13.1. The second-order valence-electron chi connectivity index (χ2n) is 3.28. The Morgan fingerprint density at radius 3 is 2.65 bits per heavy atom. The second kappa shape index (κ2) is 5.58. The van der Waals surface area contributed by atoms with Crippen LogP contribution in [0.15, 0.2) is 16.3 Å². The van der Waals surface area contributed by atoms with Gasteiger partial charge in [0.1, 0.15) is 4.21 Å². The molecule has 1 heterocycles. The first-order valence-electron chi connectivity index (χ1n) is 4.86. The van der Waals surface area contributed by atoms with E-state index in [2.05, 4.69) is 0 Å². The molecule has 0 radical (unpaired) electrons. The summed E-state index contributed by atoms with van der Waals surface area (Å²) in [7, 11) is -3.73. The number of hydrogen-bond acceptors (Lipinski definition) is 5. The molecule has 0 aromatic carbocycles. The highest BCUT2D eigenvalue weighted by molar-refractivity contribution is 7.91. The summed E-state index contributed by atoms with van der Waals surface area (Å²) in [6.07, 6.45) is -1.01. The molecular weight excluding hydrogens is 266 g/mol. The van der Waals surface area contributed by atoms with Gasteiger partial charge >= 0.3 is 5.97 Å². The SMILES string of the molecule is CCc1ccc(S(=O)(=O)NC[C@H](O)C(=O)O)s1. The van der Waals surface area contributed by atoms with Crippen LogP contribution >= 0.6 is 11.3 Å². The molecule has 0 bridgehead atoms. The van der Waals surface area contributed by atoms with Crippen molar-refractivity contribution in [2.45, 2.75) is 23.7 Å². The van der Waals surface area contributed by atoms with Gasteiger partial charge in [-0.3, -0.25) is 0 Å². The molecule has 0 unspecified atom stereocenters. The molecule has 1 rings (SSSR count). The summed E-state index contributed by atoms with van der Waals surface area (Å²) in [5.41, 5.74) is 0. The van der Waals surface area contributed by atoms with Crippen LogP contribution in [-0.4, -0.2) is 37.2 Å². The summed E-state index contributed by atoms with van der Waals surface area (Å²) in [6, 6.07) is 3.16. The molecule has 1 aromatic rings. The zero-order valence-corrected chi connectivity index (χ0v) is 10.7. The number of aliphatic hydroxyl groups excluding tert-OH is 1. The maximum absolute atomic E-state index is 11.7. The lowest BCUT2D eigenvalue weighted by Gasteiger charge is -2.06. The van der Waals surface area contributed by atoms with Crippen LogP contribution in [-0.2, 0) is 21.2 Å². The quantitative estimate of drug-likeness (QED) is 0.682. The summed E-state index contributed by atoms with van der Waals surface area (Å²) in [5, 5.41) is 17.4. The number of sulfonamides is 1. The third kappa shape index (κ3) is 3.77. The van der Waals surface area contributed by atoms with E-state index in [0.717, 1.165) is 22.6 Å². The largest absolute Gasteiger partial charge is 0.479 e.